The van der Waals surface area contributed by atoms with Crippen LogP contribution >= 0.6 is 0 Å². The summed E-state index contributed by atoms with van der Waals surface area (Å²) in [6, 6.07) is 4.29. The Morgan fingerprint density at radius 3 is 2.96 bits per heavy atom. The van der Waals surface area contributed by atoms with E-state index in [1.54, 1.807) is 0 Å². The SMILES string of the molecule is COc1cc(C(=O)N2CCC[C@@H](c3nccn3CC3CC3)C2)ccc1F. The van der Waals surface area contributed by atoms with E-state index in [1.807, 2.05) is 11.1 Å². The molecular formula is C20H24FN3O2. The Hall–Kier alpha value is -2.37. The summed E-state index contributed by atoms with van der Waals surface area (Å²) in [7, 11) is 1.41. The summed E-state index contributed by atoms with van der Waals surface area (Å²) in [5.74, 6) is 1.70. The van der Waals surface area contributed by atoms with Crippen molar-refractivity contribution in [2.75, 3.05) is 20.2 Å². The highest BCUT2D eigenvalue weighted by molar-refractivity contribution is 5.94. The van der Waals surface area contributed by atoms with Gasteiger partial charge in [-0.15, -0.1) is 0 Å². The molecule has 0 N–H and O–H groups in total. The third-order valence-electron chi connectivity index (χ3n) is 5.37. The Morgan fingerprint density at radius 1 is 1.35 bits per heavy atom. The van der Waals surface area contributed by atoms with Crippen molar-refractivity contribution in [1.29, 1.82) is 0 Å². The molecule has 1 aromatic heterocycles. The molecule has 2 heterocycles. The molecule has 1 atom stereocenters. The van der Waals surface area contributed by atoms with E-state index < -0.39 is 5.82 Å². The molecule has 5 nitrogen and oxygen atoms in total. The monoisotopic (exact) mass is 357 g/mol. The van der Waals surface area contributed by atoms with E-state index in [4.69, 9.17) is 4.74 Å². The van der Waals surface area contributed by atoms with Crippen LogP contribution in [-0.4, -0.2) is 40.6 Å². The second kappa shape index (κ2) is 7.09. The van der Waals surface area contributed by atoms with Crippen molar-refractivity contribution >= 4 is 5.91 Å². The minimum Gasteiger partial charge on any atom is -0.494 e. The van der Waals surface area contributed by atoms with Crippen LogP contribution in [0.25, 0.3) is 0 Å². The van der Waals surface area contributed by atoms with Crippen LogP contribution < -0.4 is 4.74 Å². The molecule has 1 saturated carbocycles. The van der Waals surface area contributed by atoms with Gasteiger partial charge in [0.1, 0.15) is 5.82 Å². The molecule has 1 saturated heterocycles. The fourth-order valence-corrected chi connectivity index (χ4v) is 3.76. The van der Waals surface area contributed by atoms with E-state index in [0.29, 0.717) is 12.1 Å². The predicted molar refractivity (Wildman–Crippen MR) is 95.8 cm³/mol. The maximum absolute atomic E-state index is 13.6. The van der Waals surface area contributed by atoms with Crippen LogP contribution in [0.1, 0.15) is 47.8 Å². The lowest BCUT2D eigenvalue weighted by Gasteiger charge is -2.33. The topological polar surface area (TPSA) is 47.4 Å². The van der Waals surface area contributed by atoms with Gasteiger partial charge in [0.15, 0.2) is 11.6 Å². The van der Waals surface area contributed by atoms with Crippen LogP contribution in [0, 0.1) is 11.7 Å². The van der Waals surface area contributed by atoms with Gasteiger partial charge in [0.2, 0.25) is 0 Å². The lowest BCUT2D eigenvalue weighted by atomic mass is 9.96. The van der Waals surface area contributed by atoms with Gasteiger partial charge in [0.05, 0.1) is 7.11 Å². The van der Waals surface area contributed by atoms with E-state index in [0.717, 1.165) is 37.7 Å². The third kappa shape index (κ3) is 3.45. The number of imidazole rings is 1. The zero-order valence-corrected chi connectivity index (χ0v) is 15.0. The smallest absolute Gasteiger partial charge is 0.254 e. The average Bonchev–Trinajstić information content (AvgIpc) is 3.36. The van der Waals surface area contributed by atoms with E-state index >= 15 is 0 Å². The number of aromatic nitrogens is 2. The number of likely N-dealkylation sites (tertiary alicyclic amines) is 1. The summed E-state index contributed by atoms with van der Waals surface area (Å²) in [6.07, 6.45) is 8.52. The first-order chi connectivity index (χ1) is 12.7. The molecule has 0 bridgehead atoms. The Labute approximate surface area is 152 Å². The van der Waals surface area contributed by atoms with Crippen molar-refractivity contribution in [2.45, 2.75) is 38.1 Å². The predicted octanol–water partition coefficient (Wildman–Crippen LogP) is 3.46. The van der Waals surface area contributed by atoms with E-state index in [2.05, 4.69) is 15.7 Å². The van der Waals surface area contributed by atoms with E-state index in [9.17, 15) is 9.18 Å². The fourth-order valence-electron chi connectivity index (χ4n) is 3.76. The Kier molecular flexibility index (Phi) is 4.66. The zero-order valence-electron chi connectivity index (χ0n) is 15.0. The average molecular weight is 357 g/mol. The second-order valence-electron chi connectivity index (χ2n) is 7.32. The highest BCUT2D eigenvalue weighted by atomic mass is 19.1. The highest BCUT2D eigenvalue weighted by Crippen LogP contribution is 2.33. The molecule has 0 radical (unpaired) electrons. The number of hydrogen-bond donors (Lipinski definition) is 0. The van der Waals surface area contributed by atoms with E-state index in [-0.39, 0.29) is 17.6 Å². The van der Waals surface area contributed by atoms with Crippen LogP contribution in [-0.2, 0) is 6.54 Å². The van der Waals surface area contributed by atoms with Crippen molar-refractivity contribution in [3.05, 3.63) is 47.8 Å². The van der Waals surface area contributed by atoms with Crippen LogP contribution in [0.3, 0.4) is 0 Å². The Morgan fingerprint density at radius 2 is 2.19 bits per heavy atom. The molecule has 6 heteroatoms. The molecule has 0 unspecified atom stereocenters. The maximum Gasteiger partial charge on any atom is 0.254 e. The van der Waals surface area contributed by atoms with Gasteiger partial charge in [0.25, 0.3) is 5.91 Å². The summed E-state index contributed by atoms with van der Waals surface area (Å²) in [4.78, 5) is 19.3. The third-order valence-corrected chi connectivity index (χ3v) is 5.37. The minimum absolute atomic E-state index is 0.0756. The molecule has 0 spiro atoms. The normalized spacial score (nSPS) is 20.2. The van der Waals surface area contributed by atoms with Gasteiger partial charge in [0, 0.05) is 43.5 Å². The number of benzene rings is 1. The summed E-state index contributed by atoms with van der Waals surface area (Å²) < 4.78 is 20.9. The van der Waals surface area contributed by atoms with Gasteiger partial charge in [-0.2, -0.15) is 0 Å². The number of hydrogen-bond acceptors (Lipinski definition) is 3. The van der Waals surface area contributed by atoms with Gasteiger partial charge >= 0.3 is 0 Å². The molecule has 2 fully saturated rings. The zero-order chi connectivity index (χ0) is 18.1. The van der Waals surface area contributed by atoms with Crippen molar-refractivity contribution in [2.24, 2.45) is 5.92 Å². The first kappa shape index (κ1) is 17.1. The highest BCUT2D eigenvalue weighted by Gasteiger charge is 2.30. The molecule has 1 aliphatic carbocycles. The van der Waals surface area contributed by atoms with Gasteiger partial charge in [-0.25, -0.2) is 9.37 Å². The van der Waals surface area contributed by atoms with Gasteiger partial charge in [-0.1, -0.05) is 0 Å². The number of methoxy groups -OCH3 is 1. The fraction of sp³-hybridized carbons (Fsp3) is 0.500. The molecular weight excluding hydrogens is 333 g/mol. The number of halogens is 1. The first-order valence-electron chi connectivity index (χ1n) is 9.29. The second-order valence-corrected chi connectivity index (χ2v) is 7.32. The van der Waals surface area contributed by atoms with E-state index in [1.165, 1.54) is 38.2 Å². The van der Waals surface area contributed by atoms with Gasteiger partial charge < -0.3 is 14.2 Å². The first-order valence-corrected chi connectivity index (χ1v) is 9.29. The maximum atomic E-state index is 13.6. The van der Waals surface area contributed by atoms with Crippen LogP contribution in [0.15, 0.2) is 30.6 Å². The number of rotatable bonds is 5. The van der Waals surface area contributed by atoms with Gasteiger partial charge in [-0.3, -0.25) is 4.79 Å². The lowest BCUT2D eigenvalue weighted by Crippen LogP contribution is -2.39. The Bertz CT molecular complexity index is 800. The number of carbonyl (C=O) groups is 1. The van der Waals surface area contributed by atoms with Crippen molar-refractivity contribution < 1.29 is 13.9 Å². The number of ether oxygens (including phenoxy) is 1. The lowest BCUT2D eigenvalue weighted by molar-refractivity contribution is 0.0702. The van der Waals surface area contributed by atoms with Crippen LogP contribution in [0.4, 0.5) is 4.39 Å². The molecule has 4 rings (SSSR count). The molecule has 1 amide bonds. The number of amides is 1. The standard InChI is InChI=1S/C20H24FN3O2/c1-26-18-11-15(6-7-17(18)21)20(25)24-9-2-3-16(13-24)19-22-8-10-23(19)12-14-4-5-14/h6-8,10-11,14,16H,2-5,9,12-13H2,1H3/t16-/m1/s1. The van der Waals surface area contributed by atoms with Crippen molar-refractivity contribution in [1.82, 2.24) is 14.5 Å². The van der Waals surface area contributed by atoms with Crippen molar-refractivity contribution in [3.63, 3.8) is 0 Å². The van der Waals surface area contributed by atoms with Crippen molar-refractivity contribution in [3.8, 4) is 5.75 Å². The molecule has 2 aliphatic rings. The molecule has 26 heavy (non-hydrogen) atoms. The largest absolute Gasteiger partial charge is 0.494 e. The van der Waals surface area contributed by atoms with Gasteiger partial charge in [-0.05, 0) is 49.8 Å². The summed E-state index contributed by atoms with van der Waals surface area (Å²) >= 11 is 0. The number of carbonyl (C=O) groups excluding carboxylic acids is 1. The summed E-state index contributed by atoms with van der Waals surface area (Å²) in [6.45, 7) is 2.41. The molecule has 1 aromatic carbocycles. The molecule has 2 aromatic rings. The number of piperidine rings is 1. The van der Waals surface area contributed by atoms with Crippen LogP contribution in [0.5, 0.6) is 5.75 Å². The minimum atomic E-state index is -0.456. The summed E-state index contributed by atoms with van der Waals surface area (Å²) in [5, 5.41) is 0. The van der Waals surface area contributed by atoms with Crippen LogP contribution in [0.2, 0.25) is 0 Å². The molecule has 1 aliphatic heterocycles. The summed E-state index contributed by atoms with van der Waals surface area (Å²) in [5.41, 5.74) is 0.463. The number of nitrogens with zero attached hydrogens (tertiary/aromatic N) is 3. The quantitative estimate of drug-likeness (QED) is 0.823. The Balaban J connectivity index is 1.49. The molecule has 138 valence electrons.